The van der Waals surface area contributed by atoms with E-state index in [1.807, 2.05) is 37.4 Å². The maximum atomic E-state index is 12.7. The number of morpholine rings is 1. The van der Waals surface area contributed by atoms with Crippen LogP contribution in [0.15, 0.2) is 30.5 Å². The topological polar surface area (TPSA) is 67.4 Å². The van der Waals surface area contributed by atoms with Crippen molar-refractivity contribution in [3.05, 3.63) is 47.3 Å². The molecular weight excluding hydrogens is 328 g/mol. The fourth-order valence-electron chi connectivity index (χ4n) is 3.58. The Morgan fingerprint density at radius 3 is 2.88 bits per heavy atom. The molecule has 1 aliphatic heterocycles. The Morgan fingerprint density at radius 1 is 1.27 bits per heavy atom. The number of ether oxygens (including phenoxy) is 1. The van der Waals surface area contributed by atoms with Crippen LogP contribution < -0.4 is 10.2 Å². The van der Waals surface area contributed by atoms with E-state index in [2.05, 4.69) is 15.2 Å². The Balaban J connectivity index is 1.44. The first-order valence-corrected chi connectivity index (χ1v) is 9.24. The number of amides is 1. The fraction of sp³-hybridized carbons (Fsp3) is 0.450. The summed E-state index contributed by atoms with van der Waals surface area (Å²) in [5, 5.41) is 3.07. The Labute approximate surface area is 153 Å². The number of aryl methyl sites for hydroxylation is 2. The predicted octanol–water partition coefficient (Wildman–Crippen LogP) is 2.37. The molecule has 1 aromatic heterocycles. The molecule has 0 unspecified atom stereocenters. The average Bonchev–Trinajstić information content (AvgIpc) is 2.69. The van der Waals surface area contributed by atoms with Gasteiger partial charge in [-0.15, -0.1) is 0 Å². The smallest absolute Gasteiger partial charge is 0.227 e. The van der Waals surface area contributed by atoms with E-state index < -0.39 is 0 Å². The second-order valence-corrected chi connectivity index (χ2v) is 6.99. The summed E-state index contributed by atoms with van der Waals surface area (Å²) in [6.45, 7) is 5.12. The zero-order chi connectivity index (χ0) is 17.9. The van der Waals surface area contributed by atoms with Gasteiger partial charge in [-0.2, -0.15) is 0 Å². The van der Waals surface area contributed by atoms with Gasteiger partial charge in [0, 0.05) is 36.6 Å². The van der Waals surface area contributed by atoms with Crippen molar-refractivity contribution in [1.82, 2.24) is 9.97 Å². The molecule has 1 atom stereocenters. The molecule has 1 fully saturated rings. The molecule has 1 saturated heterocycles. The van der Waals surface area contributed by atoms with Crippen molar-refractivity contribution in [2.75, 3.05) is 36.5 Å². The van der Waals surface area contributed by atoms with Crippen LogP contribution in [0.25, 0.3) is 0 Å². The van der Waals surface area contributed by atoms with E-state index in [0.717, 1.165) is 67.6 Å². The minimum absolute atomic E-state index is 0.0278. The summed E-state index contributed by atoms with van der Waals surface area (Å²) in [5.74, 6) is 0.844. The second kappa shape index (κ2) is 7.41. The van der Waals surface area contributed by atoms with Gasteiger partial charge in [0.2, 0.25) is 11.9 Å². The Bertz CT molecular complexity index is 802. The van der Waals surface area contributed by atoms with Gasteiger partial charge in [-0.1, -0.05) is 18.2 Å². The molecule has 2 aliphatic rings. The maximum Gasteiger partial charge on any atom is 0.227 e. The van der Waals surface area contributed by atoms with E-state index >= 15 is 0 Å². The van der Waals surface area contributed by atoms with E-state index in [4.69, 9.17) is 9.72 Å². The summed E-state index contributed by atoms with van der Waals surface area (Å²) in [4.78, 5) is 24.1. The molecule has 4 rings (SSSR count). The molecule has 6 nitrogen and oxygen atoms in total. The first kappa shape index (κ1) is 17.0. The monoisotopic (exact) mass is 352 g/mol. The first-order valence-electron chi connectivity index (χ1n) is 9.24. The maximum absolute atomic E-state index is 12.7. The fourth-order valence-corrected chi connectivity index (χ4v) is 3.58. The lowest BCUT2D eigenvalue weighted by Gasteiger charge is -2.28. The van der Waals surface area contributed by atoms with Crippen LogP contribution in [-0.2, 0) is 22.4 Å². The number of carbonyl (C=O) groups excluding carboxylic acids is 1. The van der Waals surface area contributed by atoms with Gasteiger partial charge in [0.15, 0.2) is 0 Å². The van der Waals surface area contributed by atoms with Crippen molar-refractivity contribution >= 4 is 17.5 Å². The molecule has 1 N–H and O–H groups in total. The number of para-hydroxylation sites is 1. The lowest BCUT2D eigenvalue weighted by molar-refractivity contribution is -0.120. The molecule has 0 saturated carbocycles. The van der Waals surface area contributed by atoms with Crippen molar-refractivity contribution < 1.29 is 9.53 Å². The first-order chi connectivity index (χ1) is 12.7. The quantitative estimate of drug-likeness (QED) is 0.918. The van der Waals surface area contributed by atoms with Gasteiger partial charge in [-0.05, 0) is 43.4 Å². The van der Waals surface area contributed by atoms with Crippen LogP contribution in [-0.4, -0.2) is 42.2 Å². The number of fused-ring (bicyclic) bond motifs is 1. The van der Waals surface area contributed by atoms with Crippen LogP contribution in [0, 0.1) is 12.8 Å². The zero-order valence-electron chi connectivity index (χ0n) is 15.1. The third kappa shape index (κ3) is 3.55. The number of hydrogen-bond acceptors (Lipinski definition) is 5. The van der Waals surface area contributed by atoms with Crippen LogP contribution in [0.2, 0.25) is 0 Å². The normalized spacial score (nSPS) is 19.7. The molecular formula is C20H24N4O2. The molecule has 2 heterocycles. The van der Waals surface area contributed by atoms with Crippen molar-refractivity contribution in [2.24, 2.45) is 5.92 Å². The number of carbonyl (C=O) groups is 1. The number of rotatable bonds is 3. The van der Waals surface area contributed by atoms with E-state index in [1.165, 1.54) is 0 Å². The van der Waals surface area contributed by atoms with E-state index in [0.29, 0.717) is 6.42 Å². The van der Waals surface area contributed by atoms with Gasteiger partial charge in [0.25, 0.3) is 0 Å². The van der Waals surface area contributed by atoms with E-state index in [-0.39, 0.29) is 11.8 Å². The molecule has 0 bridgehead atoms. The van der Waals surface area contributed by atoms with Crippen molar-refractivity contribution in [3.8, 4) is 0 Å². The highest BCUT2D eigenvalue weighted by atomic mass is 16.5. The molecule has 26 heavy (non-hydrogen) atoms. The van der Waals surface area contributed by atoms with Crippen molar-refractivity contribution in [3.63, 3.8) is 0 Å². The molecule has 1 aromatic carbocycles. The highest BCUT2D eigenvalue weighted by molar-refractivity contribution is 5.93. The van der Waals surface area contributed by atoms with Crippen LogP contribution >= 0.6 is 0 Å². The number of anilines is 2. The highest BCUT2D eigenvalue weighted by Crippen LogP contribution is 2.27. The molecule has 136 valence electrons. The Hall–Kier alpha value is -2.47. The lowest BCUT2D eigenvalue weighted by Crippen LogP contribution is -2.38. The summed E-state index contributed by atoms with van der Waals surface area (Å²) < 4.78 is 5.39. The predicted molar refractivity (Wildman–Crippen MR) is 100 cm³/mol. The van der Waals surface area contributed by atoms with Gasteiger partial charge in [0.1, 0.15) is 0 Å². The van der Waals surface area contributed by atoms with Gasteiger partial charge in [-0.25, -0.2) is 9.97 Å². The second-order valence-electron chi connectivity index (χ2n) is 6.99. The SMILES string of the molecule is Cc1ccccc1NC(=O)[C@@H]1CCc2nc(N3CCOCC3)ncc2C1. The minimum atomic E-state index is -0.0278. The number of hydrogen-bond donors (Lipinski definition) is 1. The van der Waals surface area contributed by atoms with Crippen molar-refractivity contribution in [2.45, 2.75) is 26.2 Å². The molecule has 0 radical (unpaired) electrons. The summed E-state index contributed by atoms with van der Waals surface area (Å²) in [5.41, 5.74) is 4.15. The zero-order valence-corrected chi connectivity index (χ0v) is 15.1. The summed E-state index contributed by atoms with van der Waals surface area (Å²) in [6, 6.07) is 7.87. The van der Waals surface area contributed by atoms with Crippen molar-refractivity contribution in [1.29, 1.82) is 0 Å². The van der Waals surface area contributed by atoms with Crippen LogP contribution in [0.3, 0.4) is 0 Å². The Kier molecular flexibility index (Phi) is 4.84. The lowest BCUT2D eigenvalue weighted by atomic mass is 9.86. The summed E-state index contributed by atoms with van der Waals surface area (Å²) in [7, 11) is 0. The number of benzene rings is 1. The summed E-state index contributed by atoms with van der Waals surface area (Å²) >= 11 is 0. The average molecular weight is 352 g/mol. The third-order valence-electron chi connectivity index (χ3n) is 5.21. The van der Waals surface area contributed by atoms with Crippen LogP contribution in [0.1, 0.15) is 23.2 Å². The van der Waals surface area contributed by atoms with Gasteiger partial charge < -0.3 is 15.0 Å². The van der Waals surface area contributed by atoms with Gasteiger partial charge >= 0.3 is 0 Å². The third-order valence-corrected chi connectivity index (χ3v) is 5.21. The molecule has 1 aliphatic carbocycles. The number of nitrogens with one attached hydrogen (secondary N) is 1. The van der Waals surface area contributed by atoms with Crippen LogP contribution in [0.4, 0.5) is 11.6 Å². The molecule has 1 amide bonds. The van der Waals surface area contributed by atoms with E-state index in [9.17, 15) is 4.79 Å². The van der Waals surface area contributed by atoms with Gasteiger partial charge in [-0.3, -0.25) is 4.79 Å². The van der Waals surface area contributed by atoms with Gasteiger partial charge in [0.05, 0.1) is 13.2 Å². The molecule has 0 spiro atoms. The Morgan fingerprint density at radius 2 is 2.08 bits per heavy atom. The number of aromatic nitrogens is 2. The highest BCUT2D eigenvalue weighted by Gasteiger charge is 2.27. The van der Waals surface area contributed by atoms with E-state index in [1.54, 1.807) is 0 Å². The summed E-state index contributed by atoms with van der Waals surface area (Å²) in [6.07, 6.45) is 4.25. The largest absolute Gasteiger partial charge is 0.378 e. The standard InChI is InChI=1S/C20H24N4O2/c1-14-4-2-3-5-17(14)22-19(25)15-6-7-18-16(12-15)13-21-20(23-18)24-8-10-26-11-9-24/h2-5,13,15H,6-12H2,1H3,(H,22,25)/t15-/m1/s1. The van der Waals surface area contributed by atoms with Crippen LogP contribution in [0.5, 0.6) is 0 Å². The minimum Gasteiger partial charge on any atom is -0.378 e. The molecule has 2 aromatic rings. The molecule has 6 heteroatoms. The number of nitrogens with zero attached hydrogens (tertiary/aromatic N) is 3.